The molecule has 3 rings (SSSR count). The molecule has 0 aliphatic carbocycles. The van der Waals surface area contributed by atoms with E-state index in [1.54, 1.807) is 18.3 Å². The number of nitro groups is 1. The van der Waals surface area contributed by atoms with E-state index in [4.69, 9.17) is 11.6 Å². The first-order valence-electron chi connectivity index (χ1n) is 8.37. The molecule has 0 aliphatic rings. The Morgan fingerprint density at radius 1 is 1.25 bits per heavy atom. The molecule has 1 atom stereocenters. The van der Waals surface area contributed by atoms with Crippen LogP contribution >= 0.6 is 22.9 Å². The summed E-state index contributed by atoms with van der Waals surface area (Å²) in [6, 6.07) is 11.0. The summed E-state index contributed by atoms with van der Waals surface area (Å²) in [5.74, 6) is -0.310. The van der Waals surface area contributed by atoms with Crippen molar-refractivity contribution >= 4 is 45.9 Å². The van der Waals surface area contributed by atoms with E-state index >= 15 is 0 Å². The Labute approximate surface area is 170 Å². The summed E-state index contributed by atoms with van der Waals surface area (Å²) >= 11 is 7.61. The van der Waals surface area contributed by atoms with E-state index < -0.39 is 11.0 Å². The molecule has 9 heteroatoms. The molecular weight excluding hydrogens is 400 g/mol. The Morgan fingerprint density at radius 3 is 2.54 bits per heavy atom. The van der Waals surface area contributed by atoms with Crippen molar-refractivity contribution in [1.82, 2.24) is 4.98 Å². The standard InChI is InChI=1S/C19H17ClN4O3S/c1-11(19(25)23-17-8-7-15(24(26)27)9-16(17)20)21-14-5-3-13(4-6-14)18-10-28-12(2)22-18/h3-11,21H,1-2H3,(H,23,25). The van der Waals surface area contributed by atoms with Crippen LogP contribution in [0.4, 0.5) is 17.1 Å². The zero-order valence-corrected chi connectivity index (χ0v) is 16.7. The molecule has 0 bridgehead atoms. The maximum absolute atomic E-state index is 12.4. The molecule has 0 aliphatic heterocycles. The number of halogens is 1. The molecular formula is C19H17ClN4O3S. The van der Waals surface area contributed by atoms with E-state index in [-0.39, 0.29) is 16.6 Å². The Kier molecular flexibility index (Phi) is 5.91. The monoisotopic (exact) mass is 416 g/mol. The maximum Gasteiger partial charge on any atom is 0.271 e. The van der Waals surface area contributed by atoms with Crippen molar-refractivity contribution in [1.29, 1.82) is 0 Å². The summed E-state index contributed by atoms with van der Waals surface area (Å²) in [6.45, 7) is 3.67. The second-order valence-corrected chi connectivity index (χ2v) is 7.58. The third-order valence-corrected chi connectivity index (χ3v) is 5.08. The van der Waals surface area contributed by atoms with Crippen molar-refractivity contribution in [3.8, 4) is 11.3 Å². The second-order valence-electron chi connectivity index (χ2n) is 6.11. The lowest BCUT2D eigenvalue weighted by molar-refractivity contribution is -0.384. The zero-order valence-electron chi connectivity index (χ0n) is 15.1. The molecule has 0 fully saturated rings. The number of aromatic nitrogens is 1. The number of thiazole rings is 1. The topological polar surface area (TPSA) is 97.2 Å². The fourth-order valence-electron chi connectivity index (χ4n) is 2.51. The van der Waals surface area contributed by atoms with Crippen LogP contribution in [0.25, 0.3) is 11.3 Å². The van der Waals surface area contributed by atoms with E-state index in [1.165, 1.54) is 18.2 Å². The van der Waals surface area contributed by atoms with Gasteiger partial charge in [-0.05, 0) is 32.0 Å². The number of aryl methyl sites for hydroxylation is 1. The quantitative estimate of drug-likeness (QED) is 0.429. The molecule has 1 unspecified atom stereocenters. The van der Waals surface area contributed by atoms with Gasteiger partial charge in [-0.2, -0.15) is 0 Å². The van der Waals surface area contributed by atoms with Gasteiger partial charge in [0.1, 0.15) is 6.04 Å². The molecule has 1 amide bonds. The van der Waals surface area contributed by atoms with Crippen molar-refractivity contribution in [2.24, 2.45) is 0 Å². The van der Waals surface area contributed by atoms with Crippen LogP contribution in [0.15, 0.2) is 47.8 Å². The number of rotatable bonds is 6. The van der Waals surface area contributed by atoms with Gasteiger partial charge in [-0.1, -0.05) is 23.7 Å². The number of nitrogens with zero attached hydrogens (tertiary/aromatic N) is 2. The van der Waals surface area contributed by atoms with Gasteiger partial charge in [0.25, 0.3) is 5.69 Å². The van der Waals surface area contributed by atoms with Crippen LogP contribution in [-0.2, 0) is 4.79 Å². The van der Waals surface area contributed by atoms with E-state index in [0.29, 0.717) is 5.69 Å². The normalized spacial score (nSPS) is 11.7. The number of amides is 1. The van der Waals surface area contributed by atoms with Gasteiger partial charge in [-0.25, -0.2) is 4.98 Å². The Balaban J connectivity index is 1.63. The summed E-state index contributed by atoms with van der Waals surface area (Å²) in [4.78, 5) is 27.1. The first kappa shape index (κ1) is 19.8. The lowest BCUT2D eigenvalue weighted by atomic mass is 10.1. The largest absolute Gasteiger partial charge is 0.374 e. The average Bonchev–Trinajstić information content (AvgIpc) is 3.10. The third-order valence-electron chi connectivity index (χ3n) is 4.00. The third kappa shape index (κ3) is 4.65. The summed E-state index contributed by atoms with van der Waals surface area (Å²) in [5, 5.41) is 19.7. The average molecular weight is 417 g/mol. The number of carbonyl (C=O) groups is 1. The molecule has 0 radical (unpaired) electrons. The number of hydrogen-bond donors (Lipinski definition) is 2. The number of anilines is 2. The first-order valence-corrected chi connectivity index (χ1v) is 9.63. The van der Waals surface area contributed by atoms with Gasteiger partial charge in [0.05, 0.1) is 26.3 Å². The number of non-ortho nitro benzene ring substituents is 1. The van der Waals surface area contributed by atoms with Crippen molar-refractivity contribution in [2.45, 2.75) is 19.9 Å². The highest BCUT2D eigenvalue weighted by atomic mass is 35.5. The number of hydrogen-bond acceptors (Lipinski definition) is 6. The van der Waals surface area contributed by atoms with Gasteiger partial charge in [-0.15, -0.1) is 11.3 Å². The number of carbonyl (C=O) groups excluding carboxylic acids is 1. The van der Waals surface area contributed by atoms with E-state index in [2.05, 4.69) is 15.6 Å². The lowest BCUT2D eigenvalue weighted by Crippen LogP contribution is -2.31. The van der Waals surface area contributed by atoms with Gasteiger partial charge < -0.3 is 10.6 Å². The molecule has 0 spiro atoms. The van der Waals surface area contributed by atoms with Crippen LogP contribution in [0.1, 0.15) is 11.9 Å². The van der Waals surface area contributed by atoms with Gasteiger partial charge in [0.15, 0.2) is 0 Å². The van der Waals surface area contributed by atoms with Crippen molar-refractivity contribution in [2.75, 3.05) is 10.6 Å². The minimum atomic E-state index is -0.543. The van der Waals surface area contributed by atoms with Crippen LogP contribution in [0.2, 0.25) is 5.02 Å². The molecule has 3 aromatic rings. The minimum absolute atomic E-state index is 0.109. The number of nitro benzene ring substituents is 1. The van der Waals surface area contributed by atoms with Crippen LogP contribution in [-0.4, -0.2) is 21.9 Å². The highest BCUT2D eigenvalue weighted by Gasteiger charge is 2.16. The van der Waals surface area contributed by atoms with Gasteiger partial charge in [-0.3, -0.25) is 14.9 Å². The maximum atomic E-state index is 12.4. The first-order chi connectivity index (χ1) is 13.3. The fraction of sp³-hybridized carbons (Fsp3) is 0.158. The molecule has 1 aromatic heterocycles. The molecule has 2 aromatic carbocycles. The van der Waals surface area contributed by atoms with Crippen molar-refractivity contribution in [3.63, 3.8) is 0 Å². The van der Waals surface area contributed by atoms with Gasteiger partial charge in [0.2, 0.25) is 5.91 Å². The summed E-state index contributed by atoms with van der Waals surface area (Å²) < 4.78 is 0. The van der Waals surface area contributed by atoms with Crippen LogP contribution < -0.4 is 10.6 Å². The van der Waals surface area contributed by atoms with Crippen LogP contribution in [0, 0.1) is 17.0 Å². The summed E-state index contributed by atoms with van der Waals surface area (Å²) in [5.41, 5.74) is 2.90. The lowest BCUT2D eigenvalue weighted by Gasteiger charge is -2.16. The number of benzene rings is 2. The Bertz CT molecular complexity index is 1020. The highest BCUT2D eigenvalue weighted by Crippen LogP contribution is 2.27. The molecule has 7 nitrogen and oxygen atoms in total. The van der Waals surface area contributed by atoms with Crippen molar-refractivity contribution < 1.29 is 9.72 Å². The SMILES string of the molecule is Cc1nc(-c2ccc(NC(C)C(=O)Nc3ccc([N+](=O)[O-])cc3Cl)cc2)cs1. The zero-order chi connectivity index (χ0) is 20.3. The Morgan fingerprint density at radius 2 is 1.96 bits per heavy atom. The summed E-state index contributed by atoms with van der Waals surface area (Å²) in [7, 11) is 0. The van der Waals surface area contributed by atoms with Gasteiger partial charge in [0, 0.05) is 28.8 Å². The number of nitrogens with one attached hydrogen (secondary N) is 2. The molecule has 0 saturated carbocycles. The van der Waals surface area contributed by atoms with E-state index in [9.17, 15) is 14.9 Å². The minimum Gasteiger partial charge on any atom is -0.374 e. The van der Waals surface area contributed by atoms with Crippen molar-refractivity contribution in [3.05, 3.63) is 68.0 Å². The Hall–Kier alpha value is -2.97. The van der Waals surface area contributed by atoms with E-state index in [0.717, 1.165) is 22.0 Å². The predicted molar refractivity (Wildman–Crippen MR) is 112 cm³/mol. The molecule has 28 heavy (non-hydrogen) atoms. The van der Waals surface area contributed by atoms with E-state index in [1.807, 2.05) is 36.6 Å². The molecule has 2 N–H and O–H groups in total. The van der Waals surface area contributed by atoms with Gasteiger partial charge >= 0.3 is 0 Å². The van der Waals surface area contributed by atoms with Crippen LogP contribution in [0.3, 0.4) is 0 Å². The predicted octanol–water partition coefficient (Wildman–Crippen LogP) is 5.12. The van der Waals surface area contributed by atoms with Crippen LogP contribution in [0.5, 0.6) is 0 Å². The second kappa shape index (κ2) is 8.37. The summed E-state index contributed by atoms with van der Waals surface area (Å²) in [6.07, 6.45) is 0. The molecule has 0 saturated heterocycles. The highest BCUT2D eigenvalue weighted by molar-refractivity contribution is 7.09. The molecule has 1 heterocycles. The fourth-order valence-corrected chi connectivity index (χ4v) is 3.35. The molecule has 144 valence electrons. The smallest absolute Gasteiger partial charge is 0.271 e.